The highest BCUT2D eigenvalue weighted by atomic mass is 32.1. The van der Waals surface area contributed by atoms with Crippen LogP contribution in [0, 0.1) is 11.8 Å². The zero-order chi connectivity index (χ0) is 20.1. The first-order valence-corrected chi connectivity index (χ1v) is 9.48. The molecule has 0 bridgehead atoms. The van der Waals surface area contributed by atoms with Crippen molar-refractivity contribution in [1.82, 2.24) is 9.78 Å². The summed E-state index contributed by atoms with van der Waals surface area (Å²) in [7, 11) is 0. The Morgan fingerprint density at radius 3 is 2.79 bits per heavy atom. The molecule has 6 nitrogen and oxygen atoms in total. The lowest BCUT2D eigenvalue weighted by molar-refractivity contribution is -0.117. The summed E-state index contributed by atoms with van der Waals surface area (Å²) in [5, 5.41) is 7.17. The minimum Gasteiger partial charge on any atom is -0.484 e. The lowest BCUT2D eigenvalue weighted by Crippen LogP contribution is -2.20. The van der Waals surface area contributed by atoms with E-state index in [-0.39, 0.29) is 23.9 Å². The molecule has 1 N–H and O–H groups in total. The van der Waals surface area contributed by atoms with Gasteiger partial charge in [0, 0.05) is 5.69 Å². The lowest BCUT2D eigenvalue weighted by atomic mass is 10.0. The molecule has 1 aromatic heterocycles. The van der Waals surface area contributed by atoms with Crippen LogP contribution in [-0.2, 0) is 17.9 Å². The number of nitrogens with zero attached hydrogens (tertiary/aromatic N) is 2. The van der Waals surface area contributed by atoms with Crippen LogP contribution in [0.3, 0.4) is 0 Å². The van der Waals surface area contributed by atoms with E-state index in [2.05, 4.69) is 24.3 Å². The number of carbonyl (C=O) groups is 1. The van der Waals surface area contributed by atoms with E-state index < -0.39 is 0 Å². The van der Waals surface area contributed by atoms with Gasteiger partial charge >= 0.3 is 0 Å². The van der Waals surface area contributed by atoms with Crippen molar-refractivity contribution in [2.24, 2.45) is 0 Å². The summed E-state index contributed by atoms with van der Waals surface area (Å²) in [4.78, 5) is 12.6. The Bertz CT molecular complexity index is 1020. The molecule has 28 heavy (non-hydrogen) atoms. The van der Waals surface area contributed by atoms with Gasteiger partial charge in [0.25, 0.3) is 10.7 Å². The first-order chi connectivity index (χ1) is 13.4. The van der Waals surface area contributed by atoms with Gasteiger partial charge in [-0.3, -0.25) is 4.79 Å². The third-order valence-corrected chi connectivity index (χ3v) is 4.44. The molecular weight excluding hydrogens is 374 g/mol. The van der Waals surface area contributed by atoms with E-state index in [1.165, 1.54) is 4.68 Å². The van der Waals surface area contributed by atoms with Crippen LogP contribution < -0.4 is 10.1 Å². The van der Waals surface area contributed by atoms with Gasteiger partial charge < -0.3 is 14.5 Å². The monoisotopic (exact) mass is 397 g/mol. The van der Waals surface area contributed by atoms with Crippen LogP contribution in [0.25, 0.3) is 0 Å². The number of rotatable bonds is 7. The molecule has 0 spiro atoms. The largest absolute Gasteiger partial charge is 0.484 e. The van der Waals surface area contributed by atoms with E-state index in [1.807, 2.05) is 55.5 Å². The number of aryl methyl sites for hydroxylation is 1. The maximum Gasteiger partial charge on any atom is 0.287 e. The maximum atomic E-state index is 12.4. The standard InChI is InChI=1S/C21H23N3O3S/c1-14(2)17-9-4-5-10-18(17)22-19(25)12-24-21(28)27-20(23-24)13-26-16-8-6-7-15(3)11-16/h4-11,14H,12-13H2,1-3H3,(H,22,25). The smallest absolute Gasteiger partial charge is 0.287 e. The highest BCUT2D eigenvalue weighted by molar-refractivity contribution is 7.71. The predicted molar refractivity (Wildman–Crippen MR) is 110 cm³/mol. The second-order valence-electron chi connectivity index (χ2n) is 6.81. The molecule has 0 unspecified atom stereocenters. The Labute approximate surface area is 169 Å². The summed E-state index contributed by atoms with van der Waals surface area (Å²) < 4.78 is 12.5. The Morgan fingerprint density at radius 1 is 1.25 bits per heavy atom. The van der Waals surface area contributed by atoms with Gasteiger partial charge in [-0.1, -0.05) is 44.2 Å². The van der Waals surface area contributed by atoms with Crippen molar-refractivity contribution in [3.63, 3.8) is 0 Å². The van der Waals surface area contributed by atoms with Gasteiger partial charge in [-0.05, 0) is 54.4 Å². The van der Waals surface area contributed by atoms with E-state index in [9.17, 15) is 4.79 Å². The molecule has 7 heteroatoms. The first kappa shape index (κ1) is 19.8. The van der Waals surface area contributed by atoms with Crippen LogP contribution in [0.4, 0.5) is 5.69 Å². The van der Waals surface area contributed by atoms with Gasteiger partial charge in [0.1, 0.15) is 12.3 Å². The Hall–Kier alpha value is -2.93. The summed E-state index contributed by atoms with van der Waals surface area (Å²) in [5.41, 5.74) is 2.97. The minimum atomic E-state index is -0.219. The number of para-hydroxylation sites is 1. The van der Waals surface area contributed by atoms with Crippen LogP contribution in [0.2, 0.25) is 0 Å². The number of aromatic nitrogens is 2. The van der Waals surface area contributed by atoms with Gasteiger partial charge in [-0.2, -0.15) is 0 Å². The Morgan fingerprint density at radius 2 is 2.04 bits per heavy atom. The summed E-state index contributed by atoms with van der Waals surface area (Å²) in [6.45, 7) is 6.26. The van der Waals surface area contributed by atoms with Crippen molar-refractivity contribution in [3.05, 3.63) is 70.4 Å². The van der Waals surface area contributed by atoms with Crippen molar-refractivity contribution >= 4 is 23.8 Å². The molecule has 0 saturated carbocycles. The normalized spacial score (nSPS) is 10.9. The van der Waals surface area contributed by atoms with Crippen molar-refractivity contribution in [1.29, 1.82) is 0 Å². The molecule has 3 rings (SSSR count). The molecule has 0 radical (unpaired) electrons. The van der Waals surface area contributed by atoms with Crippen molar-refractivity contribution in [2.45, 2.75) is 39.8 Å². The topological polar surface area (TPSA) is 69.3 Å². The third-order valence-electron chi connectivity index (χ3n) is 4.15. The molecule has 146 valence electrons. The molecule has 0 aliphatic carbocycles. The quantitative estimate of drug-likeness (QED) is 0.577. The number of carbonyl (C=O) groups excluding carboxylic acids is 1. The average Bonchev–Trinajstić information content (AvgIpc) is 2.99. The van der Waals surface area contributed by atoms with Crippen LogP contribution in [-0.4, -0.2) is 15.7 Å². The van der Waals surface area contributed by atoms with E-state index in [0.29, 0.717) is 11.8 Å². The van der Waals surface area contributed by atoms with Crippen molar-refractivity contribution in [2.75, 3.05) is 5.32 Å². The number of ether oxygens (including phenoxy) is 1. The molecule has 0 atom stereocenters. The van der Waals surface area contributed by atoms with Crippen LogP contribution in [0.5, 0.6) is 5.75 Å². The highest BCUT2D eigenvalue weighted by Crippen LogP contribution is 2.23. The molecule has 0 saturated heterocycles. The fraction of sp³-hybridized carbons (Fsp3) is 0.286. The summed E-state index contributed by atoms with van der Waals surface area (Å²) in [6.07, 6.45) is 0. The average molecular weight is 398 g/mol. The molecule has 1 heterocycles. The number of benzene rings is 2. The molecule has 0 fully saturated rings. The van der Waals surface area contributed by atoms with Gasteiger partial charge in [-0.25, -0.2) is 4.68 Å². The van der Waals surface area contributed by atoms with E-state index in [4.69, 9.17) is 21.4 Å². The Balaban J connectivity index is 1.63. The van der Waals surface area contributed by atoms with Crippen LogP contribution in [0.15, 0.2) is 52.9 Å². The fourth-order valence-corrected chi connectivity index (χ4v) is 3.00. The second-order valence-corrected chi connectivity index (χ2v) is 7.16. The van der Waals surface area contributed by atoms with E-state index in [1.54, 1.807) is 0 Å². The zero-order valence-electron chi connectivity index (χ0n) is 16.1. The number of anilines is 1. The molecule has 0 aliphatic rings. The molecule has 2 aromatic carbocycles. The summed E-state index contributed by atoms with van der Waals surface area (Å²) in [5.74, 6) is 1.13. The molecule has 1 amide bonds. The fourth-order valence-electron chi connectivity index (χ4n) is 2.80. The minimum absolute atomic E-state index is 0.0286. The third kappa shape index (κ3) is 5.07. The molecule has 3 aromatic rings. The summed E-state index contributed by atoms with van der Waals surface area (Å²) >= 11 is 5.17. The summed E-state index contributed by atoms with van der Waals surface area (Å²) in [6, 6.07) is 15.4. The number of hydrogen-bond acceptors (Lipinski definition) is 5. The van der Waals surface area contributed by atoms with Crippen LogP contribution >= 0.6 is 12.2 Å². The number of amides is 1. The number of hydrogen-bond donors (Lipinski definition) is 1. The zero-order valence-corrected chi connectivity index (χ0v) is 17.0. The van der Waals surface area contributed by atoms with E-state index >= 15 is 0 Å². The van der Waals surface area contributed by atoms with Gasteiger partial charge in [0.05, 0.1) is 0 Å². The maximum absolute atomic E-state index is 12.4. The van der Waals surface area contributed by atoms with Crippen molar-refractivity contribution in [3.8, 4) is 5.75 Å². The SMILES string of the molecule is Cc1cccc(OCc2nn(CC(=O)Nc3ccccc3C(C)C)c(=S)o2)c1. The lowest BCUT2D eigenvalue weighted by Gasteiger charge is -2.13. The second kappa shape index (κ2) is 8.84. The molecular formula is C21H23N3O3S. The first-order valence-electron chi connectivity index (χ1n) is 9.07. The van der Waals surface area contributed by atoms with Gasteiger partial charge in [0.2, 0.25) is 5.91 Å². The van der Waals surface area contributed by atoms with Crippen LogP contribution in [0.1, 0.15) is 36.8 Å². The van der Waals surface area contributed by atoms with Gasteiger partial charge in [-0.15, -0.1) is 5.10 Å². The van der Waals surface area contributed by atoms with Gasteiger partial charge in [0.15, 0.2) is 6.61 Å². The Kier molecular flexibility index (Phi) is 6.26. The van der Waals surface area contributed by atoms with Crippen molar-refractivity contribution < 1.29 is 13.9 Å². The van der Waals surface area contributed by atoms with E-state index in [0.717, 1.165) is 22.6 Å². The number of nitrogens with one attached hydrogen (secondary N) is 1. The molecule has 0 aliphatic heterocycles. The predicted octanol–water partition coefficient (Wildman–Crippen LogP) is 4.86. The highest BCUT2D eigenvalue weighted by Gasteiger charge is 2.13.